The highest BCUT2D eigenvalue weighted by molar-refractivity contribution is 7.99. The largest absolute Gasteiger partial charge is 0.480 e. The molecule has 0 bridgehead atoms. The summed E-state index contributed by atoms with van der Waals surface area (Å²) in [7, 11) is 0. The molecule has 0 spiro atoms. The third kappa shape index (κ3) is 26.6. The van der Waals surface area contributed by atoms with Crippen molar-refractivity contribution in [2.45, 2.75) is 174 Å². The van der Waals surface area contributed by atoms with Gasteiger partial charge >= 0.3 is 5.97 Å². The van der Waals surface area contributed by atoms with Crippen molar-refractivity contribution in [1.29, 1.82) is 0 Å². The Bertz CT molecular complexity index is 517. The standard InChI is InChI=1S/C31H61NO4S/c1-3-5-7-9-11-13-14-15-16-17-19-21-23-25-30(34)32-29(31(35)36)27-37-26-28(33)24-22-20-18-12-10-8-6-4-2/h28-29,33H,3-27H2,1-2H3,(H,32,34)(H,35,36)/t28-,29+/m1/s1. The Labute approximate surface area is 233 Å². The molecule has 0 aliphatic carbocycles. The molecular formula is C31H61NO4S. The molecule has 0 aliphatic rings. The minimum absolute atomic E-state index is 0.171. The van der Waals surface area contributed by atoms with Gasteiger partial charge in [-0.1, -0.05) is 142 Å². The maximum absolute atomic E-state index is 12.2. The number of aliphatic carboxylic acids is 1. The Hall–Kier alpha value is -0.750. The van der Waals surface area contributed by atoms with E-state index in [1.165, 1.54) is 114 Å². The predicted octanol–water partition coefficient (Wildman–Crippen LogP) is 8.66. The molecule has 0 radical (unpaired) electrons. The SMILES string of the molecule is CCCCCCCCCCCCCCCC(=O)N[C@@H](CSC[C@H](O)CCCCCCCCCC)C(=O)O. The van der Waals surface area contributed by atoms with Gasteiger partial charge in [-0.3, -0.25) is 4.79 Å². The van der Waals surface area contributed by atoms with Crippen LogP contribution in [-0.4, -0.2) is 45.7 Å². The second kappa shape index (κ2) is 28.3. The number of carboxylic acid groups (broad SMARTS) is 1. The van der Waals surface area contributed by atoms with Gasteiger partial charge < -0.3 is 15.5 Å². The fourth-order valence-corrected chi connectivity index (χ4v) is 5.70. The van der Waals surface area contributed by atoms with E-state index in [1.807, 2.05) is 0 Å². The molecular weight excluding hydrogens is 482 g/mol. The number of nitrogens with one attached hydrogen (secondary N) is 1. The number of carbonyl (C=O) groups is 2. The van der Waals surface area contributed by atoms with E-state index in [4.69, 9.17) is 0 Å². The van der Waals surface area contributed by atoms with E-state index in [0.717, 1.165) is 38.5 Å². The van der Waals surface area contributed by atoms with Gasteiger partial charge in [-0.05, 0) is 12.8 Å². The summed E-state index contributed by atoms with van der Waals surface area (Å²) in [4.78, 5) is 23.8. The lowest BCUT2D eigenvalue weighted by molar-refractivity contribution is -0.141. The Morgan fingerprint density at radius 1 is 0.622 bits per heavy atom. The average molecular weight is 544 g/mol. The van der Waals surface area contributed by atoms with Crippen molar-refractivity contribution >= 4 is 23.6 Å². The van der Waals surface area contributed by atoms with Crippen LogP contribution in [0.4, 0.5) is 0 Å². The number of thioether (sulfide) groups is 1. The van der Waals surface area contributed by atoms with Crippen molar-refractivity contribution in [3.8, 4) is 0 Å². The lowest BCUT2D eigenvalue weighted by atomic mass is 10.0. The van der Waals surface area contributed by atoms with Crippen molar-refractivity contribution in [3.63, 3.8) is 0 Å². The third-order valence-corrected chi connectivity index (χ3v) is 8.32. The number of aliphatic hydroxyl groups excluding tert-OH is 1. The molecule has 3 N–H and O–H groups in total. The maximum atomic E-state index is 12.2. The van der Waals surface area contributed by atoms with Crippen LogP contribution in [0.2, 0.25) is 0 Å². The van der Waals surface area contributed by atoms with Crippen molar-refractivity contribution in [2.75, 3.05) is 11.5 Å². The quantitative estimate of drug-likeness (QED) is 0.0822. The summed E-state index contributed by atoms with van der Waals surface area (Å²) in [5.41, 5.74) is 0. The molecule has 37 heavy (non-hydrogen) atoms. The number of amides is 1. The Balaban J connectivity index is 3.68. The van der Waals surface area contributed by atoms with Gasteiger partial charge in [0.2, 0.25) is 5.91 Å². The molecule has 0 rings (SSSR count). The monoisotopic (exact) mass is 543 g/mol. The van der Waals surface area contributed by atoms with Gasteiger partial charge in [0.15, 0.2) is 0 Å². The summed E-state index contributed by atoms with van der Waals surface area (Å²) in [6.45, 7) is 4.49. The second-order valence-corrected chi connectivity index (χ2v) is 12.0. The number of carbonyl (C=O) groups excluding carboxylic acids is 1. The zero-order valence-electron chi connectivity index (χ0n) is 24.5. The Morgan fingerprint density at radius 3 is 1.46 bits per heavy atom. The molecule has 6 heteroatoms. The Kier molecular flexibility index (Phi) is 27.7. The highest BCUT2D eigenvalue weighted by Crippen LogP contribution is 2.15. The molecule has 0 aromatic heterocycles. The summed E-state index contributed by atoms with van der Waals surface area (Å²) >= 11 is 1.42. The first-order valence-corrected chi connectivity index (χ1v) is 16.9. The summed E-state index contributed by atoms with van der Waals surface area (Å²) in [5.74, 6) is -0.345. The minimum atomic E-state index is -0.997. The van der Waals surface area contributed by atoms with E-state index in [2.05, 4.69) is 19.2 Å². The number of carboxylic acids is 1. The van der Waals surface area contributed by atoms with Crippen LogP contribution in [0.15, 0.2) is 0 Å². The lowest BCUT2D eigenvalue weighted by Crippen LogP contribution is -2.42. The average Bonchev–Trinajstić information content (AvgIpc) is 2.87. The van der Waals surface area contributed by atoms with Crippen molar-refractivity contribution in [1.82, 2.24) is 5.32 Å². The molecule has 0 saturated heterocycles. The molecule has 5 nitrogen and oxygen atoms in total. The maximum Gasteiger partial charge on any atom is 0.327 e. The molecule has 0 heterocycles. The van der Waals surface area contributed by atoms with Crippen molar-refractivity contribution in [2.24, 2.45) is 0 Å². The molecule has 0 aromatic rings. The van der Waals surface area contributed by atoms with E-state index >= 15 is 0 Å². The van der Waals surface area contributed by atoms with Crippen LogP contribution in [-0.2, 0) is 9.59 Å². The topological polar surface area (TPSA) is 86.6 Å². The second-order valence-electron chi connectivity index (χ2n) is 10.9. The minimum Gasteiger partial charge on any atom is -0.480 e. The van der Waals surface area contributed by atoms with Crippen molar-refractivity contribution in [3.05, 3.63) is 0 Å². The van der Waals surface area contributed by atoms with Gasteiger partial charge in [0.1, 0.15) is 6.04 Å². The highest BCUT2D eigenvalue weighted by atomic mass is 32.2. The summed E-state index contributed by atoms with van der Waals surface area (Å²) in [6, 6.07) is -0.880. The van der Waals surface area contributed by atoms with E-state index in [1.54, 1.807) is 0 Å². The summed E-state index contributed by atoms with van der Waals surface area (Å²) in [5, 5.41) is 22.3. The normalized spacial score (nSPS) is 12.9. The van der Waals surface area contributed by atoms with Gasteiger partial charge in [0, 0.05) is 17.9 Å². The number of rotatable bonds is 29. The van der Waals surface area contributed by atoms with Gasteiger partial charge in [0.05, 0.1) is 6.10 Å². The Morgan fingerprint density at radius 2 is 1.03 bits per heavy atom. The predicted molar refractivity (Wildman–Crippen MR) is 160 cm³/mol. The zero-order chi connectivity index (χ0) is 27.4. The van der Waals surface area contributed by atoms with Gasteiger partial charge in [-0.15, -0.1) is 0 Å². The van der Waals surface area contributed by atoms with E-state index in [-0.39, 0.29) is 5.91 Å². The molecule has 0 aliphatic heterocycles. The fraction of sp³-hybridized carbons (Fsp3) is 0.935. The molecule has 0 unspecified atom stereocenters. The van der Waals surface area contributed by atoms with Crippen LogP contribution in [0.5, 0.6) is 0 Å². The summed E-state index contributed by atoms with van der Waals surface area (Å²) < 4.78 is 0. The van der Waals surface area contributed by atoms with Crippen LogP contribution in [0.25, 0.3) is 0 Å². The molecule has 1 amide bonds. The molecule has 0 saturated carbocycles. The smallest absolute Gasteiger partial charge is 0.327 e. The first-order chi connectivity index (χ1) is 18.0. The highest BCUT2D eigenvalue weighted by Gasteiger charge is 2.20. The third-order valence-electron chi connectivity index (χ3n) is 7.13. The molecule has 2 atom stereocenters. The fourth-order valence-electron chi connectivity index (χ4n) is 4.66. The van der Waals surface area contributed by atoms with E-state index in [0.29, 0.717) is 17.9 Å². The van der Waals surface area contributed by atoms with Crippen molar-refractivity contribution < 1.29 is 19.8 Å². The number of hydrogen-bond donors (Lipinski definition) is 3. The first-order valence-electron chi connectivity index (χ1n) is 15.8. The molecule has 220 valence electrons. The van der Waals surface area contributed by atoms with E-state index in [9.17, 15) is 19.8 Å². The van der Waals surface area contributed by atoms with Gasteiger partial charge in [-0.2, -0.15) is 11.8 Å². The van der Waals surface area contributed by atoms with Crippen LogP contribution in [0, 0.1) is 0 Å². The first kappa shape index (κ1) is 36.2. The van der Waals surface area contributed by atoms with Gasteiger partial charge in [0.25, 0.3) is 0 Å². The number of hydrogen-bond acceptors (Lipinski definition) is 4. The molecule has 0 fully saturated rings. The van der Waals surface area contributed by atoms with Crippen LogP contribution >= 0.6 is 11.8 Å². The summed E-state index contributed by atoms with van der Waals surface area (Å²) in [6.07, 6.45) is 27.1. The molecule has 0 aromatic carbocycles. The van der Waals surface area contributed by atoms with Gasteiger partial charge in [-0.25, -0.2) is 4.79 Å². The van der Waals surface area contributed by atoms with E-state index < -0.39 is 18.1 Å². The van der Waals surface area contributed by atoms with Crippen LogP contribution in [0.3, 0.4) is 0 Å². The van der Waals surface area contributed by atoms with Crippen LogP contribution < -0.4 is 5.32 Å². The van der Waals surface area contributed by atoms with Crippen LogP contribution in [0.1, 0.15) is 162 Å². The zero-order valence-corrected chi connectivity index (χ0v) is 25.3. The lowest BCUT2D eigenvalue weighted by Gasteiger charge is -2.16. The number of aliphatic hydroxyl groups is 1. The number of unbranched alkanes of at least 4 members (excludes halogenated alkanes) is 19.